The maximum atomic E-state index is 10.6. The second kappa shape index (κ2) is 4.50. The molecule has 1 heterocycles. The van der Waals surface area contributed by atoms with Crippen molar-refractivity contribution in [2.45, 2.75) is 0 Å². The van der Waals surface area contributed by atoms with Gasteiger partial charge in [-0.15, -0.1) is 0 Å². The van der Waals surface area contributed by atoms with Crippen LogP contribution in [-0.4, -0.2) is 15.9 Å². The van der Waals surface area contributed by atoms with Crippen LogP contribution in [0.5, 0.6) is 0 Å². The summed E-state index contributed by atoms with van der Waals surface area (Å²) in [7, 11) is 0. The van der Waals surface area contributed by atoms with Crippen LogP contribution < -0.4 is 34.7 Å². The van der Waals surface area contributed by atoms with Gasteiger partial charge in [-0.2, -0.15) is 0 Å². The van der Waals surface area contributed by atoms with Crippen molar-refractivity contribution < 1.29 is 39.5 Å². The average Bonchev–Trinajstić information content (AvgIpc) is 2.17. The molecular weight excluding hydrogens is 191 g/mol. The molecule has 0 spiro atoms. The molecule has 0 saturated heterocycles. The summed E-state index contributed by atoms with van der Waals surface area (Å²) in [4.78, 5) is 18.3. The summed E-state index contributed by atoms with van der Waals surface area (Å²) in [5.41, 5.74) is 0.511. The van der Waals surface area contributed by atoms with Crippen molar-refractivity contribution in [3.63, 3.8) is 0 Å². The third-order valence-electron chi connectivity index (χ3n) is 1.75. The summed E-state index contributed by atoms with van der Waals surface area (Å²) in [6, 6.07) is 4.85. The molecule has 0 saturated carbocycles. The predicted molar refractivity (Wildman–Crippen MR) is 43.9 cm³/mol. The van der Waals surface area contributed by atoms with Crippen LogP contribution in [-0.2, 0) is 0 Å². The number of aromatic carboxylic acids is 1. The van der Waals surface area contributed by atoms with Crippen molar-refractivity contribution in [1.82, 2.24) is 9.97 Å². The summed E-state index contributed by atoms with van der Waals surface area (Å²) >= 11 is 0. The summed E-state index contributed by atoms with van der Waals surface area (Å²) in [6.07, 6.45) is 2.88. The fourth-order valence-electron chi connectivity index (χ4n) is 1.18. The van der Waals surface area contributed by atoms with E-state index in [1.165, 1.54) is 12.4 Å². The molecule has 0 aliphatic heterocycles. The molecule has 1 aromatic heterocycles. The standard InChI is InChI=1S/C9H6N2O2.Na/c12-9(13)7-3-1-2-6-4-10-5-11-8(6)7;/h1-5H,(H,12,13);/q;+1/p-1. The third kappa shape index (κ3) is 1.92. The summed E-state index contributed by atoms with van der Waals surface area (Å²) < 4.78 is 0. The van der Waals surface area contributed by atoms with E-state index in [-0.39, 0.29) is 35.1 Å². The smallest absolute Gasteiger partial charge is 0.545 e. The number of nitrogens with zero attached hydrogens (tertiary/aromatic N) is 2. The average molecular weight is 196 g/mol. The molecule has 2 rings (SSSR count). The Morgan fingerprint density at radius 1 is 1.36 bits per heavy atom. The molecule has 4 nitrogen and oxygen atoms in total. The minimum Gasteiger partial charge on any atom is -0.545 e. The van der Waals surface area contributed by atoms with Gasteiger partial charge in [0.25, 0.3) is 0 Å². The molecule has 0 radical (unpaired) electrons. The van der Waals surface area contributed by atoms with E-state index in [0.29, 0.717) is 10.9 Å². The molecule has 1 aromatic carbocycles. The number of carboxylic acids is 1. The molecule has 0 atom stereocenters. The van der Waals surface area contributed by atoms with Crippen molar-refractivity contribution in [3.05, 3.63) is 36.3 Å². The maximum Gasteiger partial charge on any atom is 1.00 e. The van der Waals surface area contributed by atoms with E-state index in [1.54, 1.807) is 18.3 Å². The molecule has 2 aromatic rings. The number of para-hydroxylation sites is 1. The zero-order valence-electron chi connectivity index (χ0n) is 7.60. The van der Waals surface area contributed by atoms with E-state index >= 15 is 0 Å². The van der Waals surface area contributed by atoms with Crippen LogP contribution in [0.2, 0.25) is 0 Å². The van der Waals surface area contributed by atoms with Gasteiger partial charge in [0.15, 0.2) is 0 Å². The number of carboxylic acid groups (broad SMARTS) is 1. The van der Waals surface area contributed by atoms with Crippen LogP contribution in [0.3, 0.4) is 0 Å². The first-order chi connectivity index (χ1) is 6.29. The van der Waals surface area contributed by atoms with Gasteiger partial charge in [0, 0.05) is 17.1 Å². The Morgan fingerprint density at radius 2 is 2.14 bits per heavy atom. The Labute approximate surface area is 102 Å². The number of fused-ring (bicyclic) bond motifs is 1. The van der Waals surface area contributed by atoms with Crippen molar-refractivity contribution in [2.24, 2.45) is 0 Å². The molecule has 14 heavy (non-hydrogen) atoms. The number of aromatic nitrogens is 2. The minimum absolute atomic E-state index is 0. The monoisotopic (exact) mass is 196 g/mol. The van der Waals surface area contributed by atoms with E-state index in [2.05, 4.69) is 9.97 Å². The molecule has 5 heteroatoms. The topological polar surface area (TPSA) is 65.9 Å². The fraction of sp³-hybridized carbons (Fsp3) is 0. The van der Waals surface area contributed by atoms with E-state index in [9.17, 15) is 9.90 Å². The predicted octanol–water partition coefficient (Wildman–Crippen LogP) is -3.00. The normalized spacial score (nSPS) is 9.43. The van der Waals surface area contributed by atoms with Crippen LogP contribution in [0.1, 0.15) is 10.4 Å². The van der Waals surface area contributed by atoms with E-state index in [1.807, 2.05) is 0 Å². The van der Waals surface area contributed by atoms with E-state index in [0.717, 1.165) is 0 Å². The molecule has 0 unspecified atom stereocenters. The number of carbonyl (C=O) groups is 1. The van der Waals surface area contributed by atoms with Gasteiger partial charge < -0.3 is 9.90 Å². The van der Waals surface area contributed by atoms with Crippen LogP contribution in [0, 0.1) is 0 Å². The largest absolute Gasteiger partial charge is 1.00 e. The van der Waals surface area contributed by atoms with Gasteiger partial charge in [0.05, 0.1) is 11.5 Å². The number of hydrogen-bond donors (Lipinski definition) is 0. The number of carbonyl (C=O) groups excluding carboxylic acids is 1. The first-order valence-electron chi connectivity index (χ1n) is 3.69. The minimum atomic E-state index is -1.22. The first kappa shape index (κ1) is 11.1. The summed E-state index contributed by atoms with van der Waals surface area (Å²) in [5, 5.41) is 11.3. The second-order valence-electron chi connectivity index (χ2n) is 2.55. The molecule has 0 amide bonds. The van der Waals surface area contributed by atoms with Crippen LogP contribution in [0.25, 0.3) is 10.9 Å². The quantitative estimate of drug-likeness (QED) is 0.456. The number of hydrogen-bond acceptors (Lipinski definition) is 4. The Balaban J connectivity index is 0.000000980. The molecule has 0 N–H and O–H groups in total. The molecule has 0 aliphatic carbocycles. The van der Waals surface area contributed by atoms with Crippen LogP contribution in [0.4, 0.5) is 0 Å². The Bertz CT molecular complexity index is 468. The molecule has 64 valence electrons. The third-order valence-corrected chi connectivity index (χ3v) is 1.75. The first-order valence-corrected chi connectivity index (χ1v) is 3.69. The number of rotatable bonds is 1. The van der Waals surface area contributed by atoms with Gasteiger partial charge in [0.1, 0.15) is 6.33 Å². The molecular formula is C9H5N2NaO2. The molecule has 0 bridgehead atoms. The van der Waals surface area contributed by atoms with Gasteiger partial charge >= 0.3 is 29.6 Å². The Kier molecular flexibility index (Phi) is 3.57. The Morgan fingerprint density at radius 3 is 2.86 bits per heavy atom. The van der Waals surface area contributed by atoms with Crippen LogP contribution >= 0.6 is 0 Å². The van der Waals surface area contributed by atoms with Gasteiger partial charge in [-0.25, -0.2) is 9.97 Å². The van der Waals surface area contributed by atoms with Gasteiger partial charge in [-0.05, 0) is 0 Å². The zero-order valence-corrected chi connectivity index (χ0v) is 9.60. The van der Waals surface area contributed by atoms with Crippen molar-refractivity contribution in [1.29, 1.82) is 0 Å². The second-order valence-corrected chi connectivity index (χ2v) is 2.55. The Hall–Kier alpha value is -0.970. The van der Waals surface area contributed by atoms with Gasteiger partial charge in [-0.3, -0.25) is 0 Å². The zero-order chi connectivity index (χ0) is 9.26. The van der Waals surface area contributed by atoms with Crippen molar-refractivity contribution in [3.8, 4) is 0 Å². The van der Waals surface area contributed by atoms with Gasteiger partial charge in [-0.1, -0.05) is 18.2 Å². The molecule has 0 fully saturated rings. The van der Waals surface area contributed by atoms with Gasteiger partial charge in [0.2, 0.25) is 0 Å². The van der Waals surface area contributed by atoms with E-state index < -0.39 is 5.97 Å². The fourth-order valence-corrected chi connectivity index (χ4v) is 1.18. The summed E-state index contributed by atoms with van der Waals surface area (Å²) in [5.74, 6) is -1.22. The summed E-state index contributed by atoms with van der Waals surface area (Å²) in [6.45, 7) is 0. The maximum absolute atomic E-state index is 10.6. The number of benzene rings is 1. The van der Waals surface area contributed by atoms with Crippen molar-refractivity contribution in [2.75, 3.05) is 0 Å². The molecule has 0 aliphatic rings. The van der Waals surface area contributed by atoms with Crippen molar-refractivity contribution >= 4 is 16.9 Å². The SMILES string of the molecule is O=C([O-])c1cccc2cncnc12.[Na+]. The van der Waals surface area contributed by atoms with E-state index in [4.69, 9.17) is 0 Å². The van der Waals surface area contributed by atoms with Crippen LogP contribution in [0.15, 0.2) is 30.7 Å².